The number of aldehydes is 1. The molecule has 1 fully saturated rings. The van der Waals surface area contributed by atoms with E-state index in [9.17, 15) is 14.7 Å². The highest BCUT2D eigenvalue weighted by molar-refractivity contribution is 5.84. The molecule has 0 aromatic heterocycles. The number of halogens is 1. The minimum atomic E-state index is -1.95. The Bertz CT molecular complexity index is 1230. The van der Waals surface area contributed by atoms with Gasteiger partial charge in [-0.1, -0.05) is 64.6 Å². The van der Waals surface area contributed by atoms with Gasteiger partial charge in [-0.2, -0.15) is 0 Å². The summed E-state index contributed by atoms with van der Waals surface area (Å²) in [7, 11) is 1.44. The van der Waals surface area contributed by atoms with Crippen LogP contribution < -0.4 is 10.6 Å². The number of hydrogen-bond acceptors (Lipinski definition) is 6. The minimum absolute atomic E-state index is 0.00911. The first kappa shape index (κ1) is 32.3. The Labute approximate surface area is 244 Å². The first-order chi connectivity index (χ1) is 19.2. The summed E-state index contributed by atoms with van der Waals surface area (Å²) in [5.74, 6) is -0.826. The molecule has 41 heavy (non-hydrogen) atoms. The van der Waals surface area contributed by atoms with E-state index < -0.39 is 11.6 Å². The summed E-state index contributed by atoms with van der Waals surface area (Å²) in [6.45, 7) is 17.7. The molecule has 0 spiro atoms. The van der Waals surface area contributed by atoms with Crippen molar-refractivity contribution in [3.05, 3.63) is 77.2 Å². The first-order valence-electron chi connectivity index (χ1n) is 14.3. The number of likely N-dealkylation sites (tertiary alicyclic amines) is 1. The fourth-order valence-electron chi connectivity index (χ4n) is 6.55. The van der Waals surface area contributed by atoms with Gasteiger partial charge in [0.25, 0.3) is 5.91 Å². The van der Waals surface area contributed by atoms with E-state index in [4.69, 9.17) is 0 Å². The molecule has 2 aromatic carbocycles. The summed E-state index contributed by atoms with van der Waals surface area (Å²) in [4.78, 5) is 27.5. The van der Waals surface area contributed by atoms with Crippen molar-refractivity contribution in [1.82, 2.24) is 15.1 Å². The molecule has 3 N–H and O–H groups in total. The van der Waals surface area contributed by atoms with Crippen molar-refractivity contribution in [3.63, 3.8) is 0 Å². The van der Waals surface area contributed by atoms with Gasteiger partial charge in [-0.3, -0.25) is 9.69 Å². The number of amides is 1. The van der Waals surface area contributed by atoms with Gasteiger partial charge in [0.2, 0.25) is 5.72 Å². The zero-order valence-electron chi connectivity index (χ0n) is 25.5. The third kappa shape index (κ3) is 7.95. The molecule has 1 heterocycles. The van der Waals surface area contributed by atoms with Crippen LogP contribution in [0.25, 0.3) is 0 Å². The fourth-order valence-corrected chi connectivity index (χ4v) is 6.55. The fraction of sp³-hybridized carbons (Fsp3) is 0.515. The number of anilines is 1. The lowest BCUT2D eigenvalue weighted by Crippen LogP contribution is -2.56. The first-order valence-corrected chi connectivity index (χ1v) is 14.3. The molecule has 1 saturated heterocycles. The number of benzene rings is 2. The van der Waals surface area contributed by atoms with Gasteiger partial charge in [-0.25, -0.2) is 4.39 Å². The number of rotatable bonds is 13. The Morgan fingerprint density at radius 3 is 2.39 bits per heavy atom. The van der Waals surface area contributed by atoms with Gasteiger partial charge < -0.3 is 25.4 Å². The summed E-state index contributed by atoms with van der Waals surface area (Å²) in [5.41, 5.74) is 2.18. The molecule has 1 aliphatic heterocycles. The van der Waals surface area contributed by atoms with E-state index in [1.165, 1.54) is 18.1 Å². The van der Waals surface area contributed by atoms with Crippen LogP contribution in [-0.2, 0) is 29.2 Å². The molecular formula is C33H47FN4O3. The van der Waals surface area contributed by atoms with Gasteiger partial charge in [0, 0.05) is 69.4 Å². The molecule has 2 aromatic rings. The van der Waals surface area contributed by atoms with Crippen molar-refractivity contribution in [1.29, 1.82) is 0 Å². The van der Waals surface area contributed by atoms with Gasteiger partial charge >= 0.3 is 0 Å². The number of aliphatic hydroxyl groups is 1. The van der Waals surface area contributed by atoms with Crippen LogP contribution in [0.2, 0.25) is 0 Å². The lowest BCUT2D eigenvalue weighted by Gasteiger charge is -2.47. The standard InChI is InChI=1S/C33H47FN4O3/c1-8-38(33(41,16-11-17-39)30(40)35-7)20-27-24(2)12-9-15-28(27)36-18-25-13-10-14-26(29(25)34)19-37-22-31(3,4)21-32(5,6)23-37/h8-10,12-15,17,36,41H,1,11,16,18-23H2,2-7H3,(H,35,40). The van der Waals surface area contributed by atoms with Crippen LogP contribution in [0.1, 0.15) is 69.2 Å². The number of carbonyl (C=O) groups is 2. The zero-order chi connectivity index (χ0) is 30.4. The number of nitrogens with zero attached hydrogens (tertiary/aromatic N) is 2. The quantitative estimate of drug-likeness (QED) is 0.224. The third-order valence-electron chi connectivity index (χ3n) is 7.92. The van der Waals surface area contributed by atoms with Crippen LogP contribution >= 0.6 is 0 Å². The molecule has 1 atom stereocenters. The van der Waals surface area contributed by atoms with E-state index >= 15 is 4.39 Å². The molecule has 224 valence electrons. The highest BCUT2D eigenvalue weighted by Gasteiger charge is 2.40. The molecule has 0 bridgehead atoms. The van der Waals surface area contributed by atoms with E-state index in [2.05, 4.69) is 49.8 Å². The topological polar surface area (TPSA) is 84.9 Å². The molecular weight excluding hydrogens is 519 g/mol. The van der Waals surface area contributed by atoms with E-state index in [-0.39, 0.29) is 42.6 Å². The highest BCUT2D eigenvalue weighted by Crippen LogP contribution is 2.40. The van der Waals surface area contributed by atoms with Crippen LogP contribution in [0.3, 0.4) is 0 Å². The Balaban J connectivity index is 1.82. The lowest BCUT2D eigenvalue weighted by molar-refractivity contribution is -0.160. The summed E-state index contributed by atoms with van der Waals surface area (Å²) in [5, 5.41) is 17.2. The third-order valence-corrected chi connectivity index (χ3v) is 7.92. The second-order valence-corrected chi connectivity index (χ2v) is 12.9. The number of aryl methyl sites for hydroxylation is 1. The normalized spacial score (nSPS) is 17.8. The average Bonchev–Trinajstić information content (AvgIpc) is 2.89. The molecule has 1 unspecified atom stereocenters. The number of nitrogens with one attached hydrogen (secondary N) is 2. The van der Waals surface area contributed by atoms with Crippen molar-refractivity contribution in [2.24, 2.45) is 10.8 Å². The number of likely N-dealkylation sites (N-methyl/N-ethyl adjacent to an activating group) is 1. The van der Waals surface area contributed by atoms with Crippen molar-refractivity contribution >= 4 is 17.9 Å². The van der Waals surface area contributed by atoms with Crippen LogP contribution in [0.5, 0.6) is 0 Å². The maximum Gasteiger partial charge on any atom is 0.273 e. The number of hydrogen-bond donors (Lipinski definition) is 3. The van der Waals surface area contributed by atoms with E-state index in [0.717, 1.165) is 36.3 Å². The number of piperidine rings is 1. The second kappa shape index (κ2) is 13.2. The Kier molecular flexibility index (Phi) is 10.4. The van der Waals surface area contributed by atoms with E-state index in [1.54, 1.807) is 6.07 Å². The molecule has 7 nitrogen and oxygen atoms in total. The summed E-state index contributed by atoms with van der Waals surface area (Å²) in [6.07, 6.45) is 3.15. The smallest absolute Gasteiger partial charge is 0.273 e. The summed E-state index contributed by atoms with van der Waals surface area (Å²) in [6, 6.07) is 11.3. The van der Waals surface area contributed by atoms with Gasteiger partial charge in [0.05, 0.1) is 0 Å². The SMILES string of the molecule is C=CN(Cc1c(C)cccc1NCc1cccc(CN2CC(C)(C)CC(C)(C)C2)c1F)C(O)(CCC=O)C(=O)NC. The molecule has 0 saturated carbocycles. The maximum absolute atomic E-state index is 15.8. The maximum atomic E-state index is 15.8. The molecule has 0 radical (unpaired) electrons. The molecule has 1 aliphatic rings. The van der Waals surface area contributed by atoms with Crippen LogP contribution in [0, 0.1) is 23.6 Å². The van der Waals surface area contributed by atoms with Crippen molar-refractivity contribution < 1.29 is 19.1 Å². The summed E-state index contributed by atoms with van der Waals surface area (Å²) >= 11 is 0. The number of carbonyl (C=O) groups excluding carboxylic acids is 2. The highest BCUT2D eigenvalue weighted by atomic mass is 19.1. The zero-order valence-corrected chi connectivity index (χ0v) is 25.5. The Morgan fingerprint density at radius 2 is 1.78 bits per heavy atom. The molecule has 0 aliphatic carbocycles. The average molecular weight is 567 g/mol. The predicted octanol–water partition coefficient (Wildman–Crippen LogP) is 5.36. The largest absolute Gasteiger partial charge is 0.381 e. The van der Waals surface area contributed by atoms with Crippen LogP contribution in [0.15, 0.2) is 49.2 Å². The van der Waals surface area contributed by atoms with Crippen LogP contribution in [-0.4, -0.2) is 53.0 Å². The van der Waals surface area contributed by atoms with Crippen molar-refractivity contribution in [2.75, 3.05) is 25.5 Å². The molecule has 8 heteroatoms. The Hall–Kier alpha value is -3.23. The lowest BCUT2D eigenvalue weighted by atomic mass is 9.71. The van der Waals surface area contributed by atoms with Gasteiger partial charge in [-0.05, 0) is 47.6 Å². The molecule has 1 amide bonds. The van der Waals surface area contributed by atoms with Crippen molar-refractivity contribution in [3.8, 4) is 0 Å². The van der Waals surface area contributed by atoms with Gasteiger partial charge in [0.15, 0.2) is 0 Å². The predicted molar refractivity (Wildman–Crippen MR) is 162 cm³/mol. The monoisotopic (exact) mass is 566 g/mol. The summed E-state index contributed by atoms with van der Waals surface area (Å²) < 4.78 is 15.8. The minimum Gasteiger partial charge on any atom is -0.381 e. The van der Waals surface area contributed by atoms with E-state index in [1.807, 2.05) is 37.3 Å². The van der Waals surface area contributed by atoms with Gasteiger partial charge in [0.1, 0.15) is 12.1 Å². The van der Waals surface area contributed by atoms with Gasteiger partial charge in [-0.15, -0.1) is 0 Å². The molecule has 3 rings (SSSR count). The Morgan fingerprint density at radius 1 is 1.15 bits per heavy atom. The van der Waals surface area contributed by atoms with Crippen molar-refractivity contribution in [2.45, 2.75) is 79.2 Å². The van der Waals surface area contributed by atoms with E-state index in [0.29, 0.717) is 24.0 Å². The van der Waals surface area contributed by atoms with Crippen LogP contribution in [0.4, 0.5) is 10.1 Å². The second-order valence-electron chi connectivity index (χ2n) is 12.9.